The van der Waals surface area contributed by atoms with Gasteiger partial charge in [0.05, 0.1) is 12.2 Å². The molecule has 6 heteroatoms. The minimum atomic E-state index is -0.413. The number of piperidine rings is 1. The predicted molar refractivity (Wildman–Crippen MR) is 71.3 cm³/mol. The number of halogens is 2. The smallest absolute Gasteiger partial charge is 0.250 e. The molecule has 3 heterocycles. The van der Waals surface area contributed by atoms with Gasteiger partial charge in [0.2, 0.25) is 0 Å². The Morgan fingerprint density at radius 1 is 1.42 bits per heavy atom. The molecule has 0 bridgehead atoms. The van der Waals surface area contributed by atoms with Crippen molar-refractivity contribution in [2.75, 3.05) is 19.7 Å². The molecule has 2 aliphatic rings. The molecule has 0 saturated carbocycles. The SMILES string of the molecule is Cl.Fc1cccnc1OC1COC2(CCNCC2)C1. The van der Waals surface area contributed by atoms with Crippen molar-refractivity contribution in [3.8, 4) is 5.88 Å². The third-order valence-electron chi connectivity index (χ3n) is 3.69. The van der Waals surface area contributed by atoms with Crippen LogP contribution in [0.25, 0.3) is 0 Å². The fourth-order valence-electron chi connectivity index (χ4n) is 2.72. The Hall–Kier alpha value is -0.910. The Bertz CT molecular complexity index is 427. The van der Waals surface area contributed by atoms with Crippen molar-refractivity contribution in [3.63, 3.8) is 0 Å². The Morgan fingerprint density at radius 3 is 2.95 bits per heavy atom. The molecule has 4 nitrogen and oxygen atoms in total. The van der Waals surface area contributed by atoms with Crippen LogP contribution in [0.5, 0.6) is 5.88 Å². The fourth-order valence-corrected chi connectivity index (χ4v) is 2.72. The second-order valence-corrected chi connectivity index (χ2v) is 4.98. The number of pyridine rings is 1. The van der Waals surface area contributed by atoms with Gasteiger partial charge in [-0.2, -0.15) is 0 Å². The summed E-state index contributed by atoms with van der Waals surface area (Å²) in [5.41, 5.74) is -0.0683. The Kier molecular flexibility index (Phi) is 4.60. The van der Waals surface area contributed by atoms with E-state index in [0.717, 1.165) is 32.4 Å². The molecule has 0 amide bonds. The number of ether oxygens (including phenoxy) is 2. The van der Waals surface area contributed by atoms with E-state index in [1.807, 2.05) is 0 Å². The van der Waals surface area contributed by atoms with Gasteiger partial charge in [0.25, 0.3) is 5.88 Å². The molecule has 1 atom stereocenters. The van der Waals surface area contributed by atoms with Gasteiger partial charge in [-0.25, -0.2) is 9.37 Å². The number of aromatic nitrogens is 1. The van der Waals surface area contributed by atoms with Crippen molar-refractivity contribution >= 4 is 12.4 Å². The van der Waals surface area contributed by atoms with Crippen LogP contribution in [0.2, 0.25) is 0 Å². The average Bonchev–Trinajstić information content (AvgIpc) is 2.76. The van der Waals surface area contributed by atoms with Crippen molar-refractivity contribution in [1.82, 2.24) is 10.3 Å². The summed E-state index contributed by atoms with van der Waals surface area (Å²) in [4.78, 5) is 3.91. The lowest BCUT2D eigenvalue weighted by Gasteiger charge is -2.32. The number of nitrogens with zero attached hydrogens (tertiary/aromatic N) is 1. The third-order valence-corrected chi connectivity index (χ3v) is 3.69. The molecular weight excluding hydrogens is 271 g/mol. The maximum atomic E-state index is 13.4. The molecule has 3 rings (SSSR count). The standard InChI is InChI=1S/C13H17FN2O2.ClH/c14-11-2-1-5-16-12(11)18-10-8-13(17-9-10)3-6-15-7-4-13;/h1-2,5,10,15H,3-4,6-9H2;1H. The zero-order valence-electron chi connectivity index (χ0n) is 10.6. The van der Waals surface area contributed by atoms with Crippen LogP contribution in [-0.4, -0.2) is 36.4 Å². The molecule has 1 unspecified atom stereocenters. The van der Waals surface area contributed by atoms with Crippen molar-refractivity contribution in [3.05, 3.63) is 24.1 Å². The molecular formula is C13H18ClFN2O2. The van der Waals surface area contributed by atoms with Gasteiger partial charge in [0.1, 0.15) is 6.10 Å². The molecule has 1 aromatic rings. The van der Waals surface area contributed by atoms with E-state index in [2.05, 4.69) is 10.3 Å². The lowest BCUT2D eigenvalue weighted by molar-refractivity contribution is -0.0206. The first-order valence-electron chi connectivity index (χ1n) is 6.39. The fraction of sp³-hybridized carbons (Fsp3) is 0.615. The van der Waals surface area contributed by atoms with Crippen LogP contribution >= 0.6 is 12.4 Å². The van der Waals surface area contributed by atoms with Crippen LogP contribution in [0.3, 0.4) is 0 Å². The summed E-state index contributed by atoms with van der Waals surface area (Å²) in [6.45, 7) is 2.48. The lowest BCUT2D eigenvalue weighted by atomic mass is 9.89. The molecule has 2 fully saturated rings. The van der Waals surface area contributed by atoms with E-state index in [-0.39, 0.29) is 30.0 Å². The van der Waals surface area contributed by atoms with Crippen LogP contribution in [0.4, 0.5) is 4.39 Å². The Morgan fingerprint density at radius 2 is 2.21 bits per heavy atom. The van der Waals surface area contributed by atoms with Gasteiger partial charge in [0.15, 0.2) is 5.82 Å². The summed E-state index contributed by atoms with van der Waals surface area (Å²) < 4.78 is 24.9. The molecule has 1 spiro atoms. The molecule has 106 valence electrons. The van der Waals surface area contributed by atoms with Crippen LogP contribution in [0, 0.1) is 5.82 Å². The van der Waals surface area contributed by atoms with Gasteiger partial charge in [0, 0.05) is 12.6 Å². The highest BCUT2D eigenvalue weighted by atomic mass is 35.5. The predicted octanol–water partition coefficient (Wildman–Crippen LogP) is 1.93. The summed E-state index contributed by atoms with van der Waals surface area (Å²) >= 11 is 0. The van der Waals surface area contributed by atoms with Crippen molar-refractivity contribution in [2.24, 2.45) is 0 Å². The monoisotopic (exact) mass is 288 g/mol. The maximum absolute atomic E-state index is 13.4. The van der Waals surface area contributed by atoms with Crippen molar-refractivity contribution in [2.45, 2.75) is 31.0 Å². The van der Waals surface area contributed by atoms with Gasteiger partial charge in [-0.1, -0.05) is 0 Å². The van der Waals surface area contributed by atoms with Crippen molar-refractivity contribution < 1.29 is 13.9 Å². The molecule has 2 aliphatic heterocycles. The molecule has 0 radical (unpaired) electrons. The molecule has 19 heavy (non-hydrogen) atoms. The van der Waals surface area contributed by atoms with Crippen LogP contribution in [-0.2, 0) is 4.74 Å². The topological polar surface area (TPSA) is 43.4 Å². The van der Waals surface area contributed by atoms with Gasteiger partial charge in [-0.05, 0) is 38.1 Å². The minimum Gasteiger partial charge on any atom is -0.470 e. The van der Waals surface area contributed by atoms with Gasteiger partial charge in [-0.3, -0.25) is 0 Å². The molecule has 2 saturated heterocycles. The van der Waals surface area contributed by atoms with Gasteiger partial charge < -0.3 is 14.8 Å². The highest BCUT2D eigenvalue weighted by molar-refractivity contribution is 5.85. The molecule has 0 aromatic carbocycles. The number of hydrogen-bond acceptors (Lipinski definition) is 4. The normalized spacial score (nSPS) is 25.0. The first-order chi connectivity index (χ1) is 8.77. The van der Waals surface area contributed by atoms with Crippen LogP contribution in [0.15, 0.2) is 18.3 Å². The first kappa shape index (κ1) is 14.5. The zero-order valence-corrected chi connectivity index (χ0v) is 11.4. The maximum Gasteiger partial charge on any atom is 0.250 e. The highest BCUT2D eigenvalue weighted by Crippen LogP contribution is 2.35. The summed E-state index contributed by atoms with van der Waals surface area (Å²) in [5.74, 6) is -0.333. The molecule has 1 N–H and O–H groups in total. The van der Waals surface area contributed by atoms with Crippen LogP contribution in [0.1, 0.15) is 19.3 Å². The largest absolute Gasteiger partial charge is 0.470 e. The van der Waals surface area contributed by atoms with E-state index >= 15 is 0 Å². The van der Waals surface area contributed by atoms with E-state index in [9.17, 15) is 4.39 Å². The second kappa shape index (κ2) is 6.03. The second-order valence-electron chi connectivity index (χ2n) is 4.98. The summed E-state index contributed by atoms with van der Waals surface area (Å²) in [7, 11) is 0. The number of hydrogen-bond donors (Lipinski definition) is 1. The average molecular weight is 289 g/mol. The van der Waals surface area contributed by atoms with E-state index < -0.39 is 5.82 Å². The van der Waals surface area contributed by atoms with E-state index in [0.29, 0.717) is 6.61 Å². The summed E-state index contributed by atoms with van der Waals surface area (Å²) in [5, 5.41) is 3.32. The van der Waals surface area contributed by atoms with Crippen LogP contribution < -0.4 is 10.1 Å². The third kappa shape index (κ3) is 3.16. The first-order valence-corrected chi connectivity index (χ1v) is 6.39. The summed E-state index contributed by atoms with van der Waals surface area (Å²) in [6.07, 6.45) is 4.27. The van der Waals surface area contributed by atoms with Gasteiger partial charge in [-0.15, -0.1) is 12.4 Å². The lowest BCUT2D eigenvalue weighted by Crippen LogP contribution is -2.41. The quantitative estimate of drug-likeness (QED) is 0.903. The summed E-state index contributed by atoms with van der Waals surface area (Å²) in [6, 6.07) is 2.92. The zero-order chi connectivity index (χ0) is 12.4. The van der Waals surface area contributed by atoms with E-state index in [1.54, 1.807) is 6.07 Å². The van der Waals surface area contributed by atoms with Crippen molar-refractivity contribution in [1.29, 1.82) is 0 Å². The number of rotatable bonds is 2. The molecule has 1 aromatic heterocycles. The Balaban J connectivity index is 0.00000133. The number of nitrogens with one attached hydrogen (secondary N) is 1. The van der Waals surface area contributed by atoms with Gasteiger partial charge >= 0.3 is 0 Å². The highest BCUT2D eigenvalue weighted by Gasteiger charge is 2.42. The molecule has 0 aliphatic carbocycles. The Labute approximate surface area is 118 Å². The van der Waals surface area contributed by atoms with E-state index in [4.69, 9.17) is 9.47 Å². The van der Waals surface area contributed by atoms with E-state index in [1.165, 1.54) is 12.3 Å². The minimum absolute atomic E-state index is 0.